The molecule has 2 aromatic rings. The van der Waals surface area contributed by atoms with Crippen molar-refractivity contribution in [1.29, 1.82) is 0 Å². The van der Waals surface area contributed by atoms with Crippen LogP contribution in [-0.2, 0) is 9.53 Å². The van der Waals surface area contributed by atoms with Crippen LogP contribution in [0.15, 0.2) is 30.3 Å². The number of nitrogens with zero attached hydrogens (tertiary/aromatic N) is 1. The summed E-state index contributed by atoms with van der Waals surface area (Å²) in [5.74, 6) is -0.0343. The first-order valence-corrected chi connectivity index (χ1v) is 6.93. The highest BCUT2D eigenvalue weighted by atomic mass is 32.1. The summed E-state index contributed by atoms with van der Waals surface area (Å²) in [6.45, 7) is 1.26. The second kappa shape index (κ2) is 5.11. The quantitative estimate of drug-likeness (QED) is 0.635. The predicted molar refractivity (Wildman–Crippen MR) is 73.5 cm³/mol. The number of amides is 1. The van der Waals surface area contributed by atoms with Gasteiger partial charge in [-0.15, -0.1) is 11.3 Å². The average molecular weight is 275 g/mol. The van der Waals surface area contributed by atoms with E-state index in [0.29, 0.717) is 18.0 Å². The van der Waals surface area contributed by atoms with Gasteiger partial charge in [-0.25, -0.2) is 0 Å². The third-order valence-corrected chi connectivity index (χ3v) is 4.41. The zero-order valence-corrected chi connectivity index (χ0v) is 11.1. The zero-order chi connectivity index (χ0) is 13.2. The fraction of sp³-hybridized carbons (Fsp3) is 0.286. The van der Waals surface area contributed by atoms with Crippen molar-refractivity contribution >= 4 is 33.6 Å². The molecule has 0 N–H and O–H groups in total. The number of carbonyl (C=O) groups is 2. The molecule has 1 amide bonds. The van der Waals surface area contributed by atoms with Crippen LogP contribution in [0.25, 0.3) is 10.1 Å². The Balaban J connectivity index is 1.91. The third kappa shape index (κ3) is 2.27. The van der Waals surface area contributed by atoms with Crippen LogP contribution in [0.1, 0.15) is 9.67 Å². The van der Waals surface area contributed by atoms with Gasteiger partial charge >= 0.3 is 0 Å². The second-order valence-electron chi connectivity index (χ2n) is 4.45. The highest BCUT2D eigenvalue weighted by molar-refractivity contribution is 7.20. The Morgan fingerprint density at radius 3 is 3.05 bits per heavy atom. The van der Waals surface area contributed by atoms with Gasteiger partial charge in [-0.3, -0.25) is 9.59 Å². The first-order valence-electron chi connectivity index (χ1n) is 6.11. The monoisotopic (exact) mass is 275 g/mol. The molecule has 1 aliphatic heterocycles. The molecule has 1 aliphatic rings. The molecule has 3 rings (SSSR count). The van der Waals surface area contributed by atoms with E-state index in [-0.39, 0.29) is 12.4 Å². The Kier molecular flexibility index (Phi) is 3.31. The summed E-state index contributed by atoms with van der Waals surface area (Å²) in [5.41, 5.74) is 0. The molecule has 98 valence electrons. The SMILES string of the molecule is O=CN1CCOCC1C(=O)c1cc2ccccc2s1. The normalized spacial score (nSPS) is 19.6. The lowest BCUT2D eigenvalue weighted by Crippen LogP contribution is -2.48. The first-order chi connectivity index (χ1) is 9.29. The van der Waals surface area contributed by atoms with Gasteiger partial charge in [0.15, 0.2) is 5.78 Å². The fourth-order valence-electron chi connectivity index (χ4n) is 2.24. The van der Waals surface area contributed by atoms with Crippen molar-refractivity contribution in [2.75, 3.05) is 19.8 Å². The number of ketones is 1. The van der Waals surface area contributed by atoms with Crippen molar-refractivity contribution in [3.63, 3.8) is 0 Å². The van der Waals surface area contributed by atoms with Crippen LogP contribution in [-0.4, -0.2) is 42.9 Å². The maximum atomic E-state index is 12.5. The summed E-state index contributed by atoms with van der Waals surface area (Å²) in [4.78, 5) is 25.7. The van der Waals surface area contributed by atoms with Crippen LogP contribution in [0.2, 0.25) is 0 Å². The van der Waals surface area contributed by atoms with Crippen LogP contribution in [0.3, 0.4) is 0 Å². The Morgan fingerprint density at radius 1 is 1.42 bits per heavy atom. The number of benzene rings is 1. The molecular formula is C14H13NO3S. The van der Waals surface area contributed by atoms with Crippen LogP contribution < -0.4 is 0 Å². The summed E-state index contributed by atoms with van der Waals surface area (Å²) in [6.07, 6.45) is 0.735. The number of hydrogen-bond donors (Lipinski definition) is 0. The van der Waals surface area contributed by atoms with Gasteiger partial charge in [0.25, 0.3) is 0 Å². The molecule has 2 heterocycles. The van der Waals surface area contributed by atoms with E-state index in [0.717, 1.165) is 16.5 Å². The number of morpholine rings is 1. The highest BCUT2D eigenvalue weighted by Gasteiger charge is 2.30. The molecule has 1 aromatic carbocycles. The van der Waals surface area contributed by atoms with Crippen molar-refractivity contribution in [1.82, 2.24) is 4.90 Å². The summed E-state index contributed by atoms with van der Waals surface area (Å²) in [6, 6.07) is 9.28. The number of hydrogen-bond acceptors (Lipinski definition) is 4. The Morgan fingerprint density at radius 2 is 2.26 bits per heavy atom. The molecule has 1 unspecified atom stereocenters. The highest BCUT2D eigenvalue weighted by Crippen LogP contribution is 2.27. The van der Waals surface area contributed by atoms with Gasteiger partial charge in [-0.2, -0.15) is 0 Å². The molecule has 0 bridgehead atoms. The second-order valence-corrected chi connectivity index (χ2v) is 5.53. The molecule has 1 fully saturated rings. The third-order valence-electron chi connectivity index (χ3n) is 3.28. The molecular weight excluding hydrogens is 262 g/mol. The summed E-state index contributed by atoms with van der Waals surface area (Å²) in [5, 5.41) is 1.06. The minimum absolute atomic E-state index is 0.0343. The molecule has 0 aliphatic carbocycles. The lowest BCUT2D eigenvalue weighted by molar-refractivity contribution is -0.124. The van der Waals surface area contributed by atoms with Gasteiger partial charge < -0.3 is 9.64 Å². The van der Waals surface area contributed by atoms with E-state index >= 15 is 0 Å². The number of Topliss-reactive ketones (excluding diaryl/α,β-unsaturated/α-hetero) is 1. The number of fused-ring (bicyclic) bond motifs is 1. The van der Waals surface area contributed by atoms with E-state index in [9.17, 15) is 9.59 Å². The smallest absolute Gasteiger partial charge is 0.210 e. The molecule has 19 heavy (non-hydrogen) atoms. The van der Waals surface area contributed by atoms with Gasteiger partial charge in [0.05, 0.1) is 18.1 Å². The van der Waals surface area contributed by atoms with Gasteiger partial charge in [0, 0.05) is 11.2 Å². The minimum atomic E-state index is -0.487. The topological polar surface area (TPSA) is 46.6 Å². The van der Waals surface area contributed by atoms with Gasteiger partial charge in [0.1, 0.15) is 6.04 Å². The molecule has 1 atom stereocenters. The Hall–Kier alpha value is -1.72. The summed E-state index contributed by atoms with van der Waals surface area (Å²) < 4.78 is 6.40. The number of ether oxygens (including phenoxy) is 1. The minimum Gasteiger partial charge on any atom is -0.377 e. The van der Waals surface area contributed by atoms with Gasteiger partial charge in [-0.05, 0) is 17.5 Å². The van der Waals surface area contributed by atoms with Gasteiger partial charge in [-0.1, -0.05) is 18.2 Å². The molecule has 4 nitrogen and oxygen atoms in total. The maximum absolute atomic E-state index is 12.5. The van der Waals surface area contributed by atoms with Crippen LogP contribution >= 0.6 is 11.3 Å². The van der Waals surface area contributed by atoms with Crippen molar-refractivity contribution in [2.24, 2.45) is 0 Å². The lowest BCUT2D eigenvalue weighted by Gasteiger charge is -2.31. The van der Waals surface area contributed by atoms with Crippen LogP contribution in [0, 0.1) is 0 Å². The Bertz CT molecular complexity index is 589. The lowest BCUT2D eigenvalue weighted by atomic mass is 10.1. The van der Waals surface area contributed by atoms with E-state index in [4.69, 9.17) is 4.74 Å². The summed E-state index contributed by atoms with van der Waals surface area (Å²) >= 11 is 1.46. The van der Waals surface area contributed by atoms with E-state index < -0.39 is 6.04 Å². The van der Waals surface area contributed by atoms with Crippen LogP contribution in [0.4, 0.5) is 0 Å². The van der Waals surface area contributed by atoms with E-state index in [1.54, 1.807) is 0 Å². The molecule has 0 radical (unpaired) electrons. The average Bonchev–Trinajstić information content (AvgIpc) is 2.90. The summed E-state index contributed by atoms with van der Waals surface area (Å²) in [7, 11) is 0. The van der Waals surface area contributed by atoms with Crippen molar-refractivity contribution in [3.8, 4) is 0 Å². The molecule has 1 aromatic heterocycles. The number of rotatable bonds is 3. The number of carbonyl (C=O) groups excluding carboxylic acids is 2. The molecule has 0 spiro atoms. The van der Waals surface area contributed by atoms with Crippen molar-refractivity contribution in [2.45, 2.75) is 6.04 Å². The largest absolute Gasteiger partial charge is 0.377 e. The number of thiophene rings is 1. The fourth-order valence-corrected chi connectivity index (χ4v) is 3.29. The van der Waals surface area contributed by atoms with E-state index in [1.165, 1.54) is 16.2 Å². The molecule has 0 saturated carbocycles. The van der Waals surface area contributed by atoms with Crippen molar-refractivity contribution in [3.05, 3.63) is 35.2 Å². The Labute approximate surface area is 114 Å². The standard InChI is InChI=1S/C14H13NO3S/c16-9-15-5-6-18-8-11(15)14(17)13-7-10-3-1-2-4-12(10)19-13/h1-4,7,9,11H,5-6,8H2. The van der Waals surface area contributed by atoms with Crippen molar-refractivity contribution < 1.29 is 14.3 Å². The van der Waals surface area contributed by atoms with E-state index in [2.05, 4.69) is 0 Å². The predicted octanol–water partition coefficient (Wildman–Crippen LogP) is 1.94. The first kappa shape index (κ1) is 12.3. The van der Waals surface area contributed by atoms with Gasteiger partial charge in [0.2, 0.25) is 6.41 Å². The van der Waals surface area contributed by atoms with Crippen LogP contribution in [0.5, 0.6) is 0 Å². The maximum Gasteiger partial charge on any atom is 0.210 e. The molecule has 5 heteroatoms. The molecule has 1 saturated heterocycles. The van der Waals surface area contributed by atoms with E-state index in [1.807, 2.05) is 30.3 Å². The zero-order valence-electron chi connectivity index (χ0n) is 10.2.